The van der Waals surface area contributed by atoms with E-state index in [1.165, 1.54) is 36.8 Å². The van der Waals surface area contributed by atoms with Gasteiger partial charge < -0.3 is 0 Å². The van der Waals surface area contributed by atoms with Crippen molar-refractivity contribution in [1.29, 1.82) is 0 Å². The van der Waals surface area contributed by atoms with Crippen LogP contribution in [0.4, 0.5) is 0 Å². The Morgan fingerprint density at radius 3 is 1.69 bits per heavy atom. The molecule has 8 heteroatoms. The van der Waals surface area contributed by atoms with Gasteiger partial charge in [0.1, 0.15) is 0 Å². The van der Waals surface area contributed by atoms with Gasteiger partial charge >= 0.3 is 0 Å². The molecule has 0 heterocycles. The number of nitrogens with zero attached hydrogens (tertiary/aromatic N) is 4. The van der Waals surface area contributed by atoms with E-state index in [1.807, 2.05) is 30.4 Å². The Labute approximate surface area is 289 Å². The van der Waals surface area contributed by atoms with Gasteiger partial charge in [0.2, 0.25) is 24.3 Å². The molecule has 0 spiro atoms. The molecule has 1 aromatic rings. The fraction of sp³-hybridized carbons (Fsp3) is 0.700. The van der Waals surface area contributed by atoms with Crippen molar-refractivity contribution < 1.29 is 19.2 Å². The smallest absolute Gasteiger partial charge is 0.211 e. The van der Waals surface area contributed by atoms with Gasteiger partial charge in [-0.15, -0.1) is 0 Å². The van der Waals surface area contributed by atoms with Crippen LogP contribution in [-0.4, -0.2) is 49.5 Å². The number of hydrogen-bond acceptors (Lipinski definition) is 8. The van der Waals surface area contributed by atoms with Crippen molar-refractivity contribution in [2.24, 2.45) is 25.9 Å². The van der Waals surface area contributed by atoms with Crippen LogP contribution in [0.15, 0.2) is 62.0 Å². The lowest BCUT2D eigenvalue weighted by Crippen LogP contribution is -2.22. The van der Waals surface area contributed by atoms with Crippen LogP contribution < -0.4 is 0 Å². The molecule has 3 unspecified atom stereocenters. The molecule has 48 heavy (non-hydrogen) atoms. The molecular weight excluding hydrogens is 600 g/mol. The average molecular weight is 661 g/mol. The maximum atomic E-state index is 11.7. The SMILES string of the molecule is CCCCCCCCC(=CC(Cc1ccccc1)C(CCCCCCCCN=C=O)N=C=O)C(CCCCCCCCN=C=O)N=C=O. The Morgan fingerprint density at radius 1 is 0.604 bits per heavy atom. The van der Waals surface area contributed by atoms with E-state index in [4.69, 9.17) is 0 Å². The van der Waals surface area contributed by atoms with Crippen LogP contribution in [0.5, 0.6) is 0 Å². The highest BCUT2D eigenvalue weighted by Gasteiger charge is 2.23. The van der Waals surface area contributed by atoms with Crippen LogP contribution in [0, 0.1) is 5.92 Å². The Kier molecular flexibility index (Phi) is 28.4. The molecule has 0 bridgehead atoms. The van der Waals surface area contributed by atoms with Gasteiger partial charge in [-0.1, -0.05) is 140 Å². The van der Waals surface area contributed by atoms with E-state index in [9.17, 15) is 19.2 Å². The number of benzene rings is 1. The van der Waals surface area contributed by atoms with Crippen LogP contribution in [0.3, 0.4) is 0 Å². The summed E-state index contributed by atoms with van der Waals surface area (Å²) in [7, 11) is 0. The van der Waals surface area contributed by atoms with E-state index in [0.29, 0.717) is 13.1 Å². The van der Waals surface area contributed by atoms with Crippen LogP contribution in [0.2, 0.25) is 0 Å². The Hall–Kier alpha value is -3.52. The van der Waals surface area contributed by atoms with Crippen molar-refractivity contribution in [2.45, 2.75) is 160 Å². The van der Waals surface area contributed by atoms with Gasteiger partial charge in [0.05, 0.1) is 25.2 Å². The van der Waals surface area contributed by atoms with E-state index in [1.54, 1.807) is 12.2 Å². The summed E-state index contributed by atoms with van der Waals surface area (Å²) in [6, 6.07) is 9.92. The molecule has 1 aromatic carbocycles. The maximum Gasteiger partial charge on any atom is 0.235 e. The van der Waals surface area contributed by atoms with Crippen LogP contribution in [0.1, 0.15) is 147 Å². The van der Waals surface area contributed by atoms with Crippen molar-refractivity contribution in [2.75, 3.05) is 13.1 Å². The highest BCUT2D eigenvalue weighted by molar-refractivity contribution is 5.36. The third kappa shape index (κ3) is 22.9. The molecule has 0 aliphatic carbocycles. The number of rotatable bonds is 32. The second-order valence-electron chi connectivity index (χ2n) is 12.9. The molecule has 0 fully saturated rings. The molecule has 0 saturated carbocycles. The van der Waals surface area contributed by atoms with E-state index in [2.05, 4.69) is 45.1 Å². The quantitative estimate of drug-likeness (QED) is 0.0331. The molecule has 0 aliphatic heterocycles. The molecule has 0 radical (unpaired) electrons. The Bertz CT molecular complexity index is 1160. The third-order valence-corrected chi connectivity index (χ3v) is 9.06. The second-order valence-corrected chi connectivity index (χ2v) is 12.9. The largest absolute Gasteiger partial charge is 0.235 e. The summed E-state index contributed by atoms with van der Waals surface area (Å²) in [5.41, 5.74) is 2.36. The minimum atomic E-state index is -0.220. The molecule has 0 aromatic heterocycles. The maximum absolute atomic E-state index is 11.7. The van der Waals surface area contributed by atoms with Crippen molar-refractivity contribution in [3.05, 3.63) is 47.5 Å². The normalized spacial score (nSPS) is 12.9. The van der Waals surface area contributed by atoms with Crippen molar-refractivity contribution >= 4 is 24.3 Å². The summed E-state index contributed by atoms with van der Waals surface area (Å²) >= 11 is 0. The van der Waals surface area contributed by atoms with E-state index < -0.39 is 0 Å². The minimum Gasteiger partial charge on any atom is -0.211 e. The first-order valence-corrected chi connectivity index (χ1v) is 18.7. The summed E-state index contributed by atoms with van der Waals surface area (Å²) in [4.78, 5) is 59.9. The Balaban J connectivity index is 3.11. The fourth-order valence-electron chi connectivity index (χ4n) is 6.35. The van der Waals surface area contributed by atoms with Crippen LogP contribution >= 0.6 is 0 Å². The number of hydrogen-bond donors (Lipinski definition) is 0. The van der Waals surface area contributed by atoms with Crippen molar-refractivity contribution in [3.63, 3.8) is 0 Å². The average Bonchev–Trinajstić information content (AvgIpc) is 3.10. The van der Waals surface area contributed by atoms with Gasteiger partial charge in [-0.2, -0.15) is 4.99 Å². The molecule has 8 nitrogen and oxygen atoms in total. The predicted molar refractivity (Wildman–Crippen MR) is 194 cm³/mol. The highest BCUT2D eigenvalue weighted by atomic mass is 16.1. The monoisotopic (exact) mass is 660 g/mol. The van der Waals surface area contributed by atoms with Gasteiger partial charge in [0.15, 0.2) is 0 Å². The number of aliphatic imine (C=N–C) groups is 4. The first-order valence-electron chi connectivity index (χ1n) is 18.7. The summed E-state index contributed by atoms with van der Waals surface area (Å²) in [5.74, 6) is -0.0106. The summed E-state index contributed by atoms with van der Waals surface area (Å²) in [6.07, 6.45) is 31.9. The molecule has 0 aliphatic rings. The molecule has 0 amide bonds. The molecule has 3 atom stereocenters. The topological polar surface area (TPSA) is 118 Å². The van der Waals surface area contributed by atoms with E-state index >= 15 is 0 Å². The highest BCUT2D eigenvalue weighted by Crippen LogP contribution is 2.28. The molecule has 1 rings (SSSR count). The molecule has 0 N–H and O–H groups in total. The number of isocyanates is 4. The first-order chi connectivity index (χ1) is 23.7. The van der Waals surface area contributed by atoms with Gasteiger partial charge in [0.25, 0.3) is 0 Å². The first kappa shape index (κ1) is 42.5. The number of carbonyl (C=O) groups excluding carboxylic acids is 4. The lowest BCUT2D eigenvalue weighted by atomic mass is 9.84. The zero-order chi connectivity index (χ0) is 34.8. The molecular formula is C40H60N4O4. The predicted octanol–water partition coefficient (Wildman–Crippen LogP) is 10.1. The minimum absolute atomic E-state index is 0.0106. The van der Waals surface area contributed by atoms with Gasteiger partial charge in [-0.05, 0) is 56.1 Å². The summed E-state index contributed by atoms with van der Waals surface area (Å²) < 4.78 is 0. The van der Waals surface area contributed by atoms with E-state index in [0.717, 1.165) is 116 Å². The standard InChI is InChI=1S/C40H60N4O4/c1-2-3-4-5-10-18-25-37(39(43-34-47)26-19-11-6-8-13-21-28-41-32-45)31-38(30-36-23-16-15-17-24-36)40(44-35-48)27-20-12-7-9-14-22-29-42-33-46/h15-17,23-24,31,38-40H,2-14,18-22,25-30H2,1H3. The molecule has 0 saturated heterocycles. The lowest BCUT2D eigenvalue weighted by molar-refractivity contribution is 0.436. The zero-order valence-electron chi connectivity index (χ0n) is 29.6. The van der Waals surface area contributed by atoms with Gasteiger partial charge in [-0.25, -0.2) is 34.2 Å². The van der Waals surface area contributed by atoms with Crippen LogP contribution in [-0.2, 0) is 25.6 Å². The molecule has 264 valence electrons. The van der Waals surface area contributed by atoms with Crippen molar-refractivity contribution in [1.82, 2.24) is 0 Å². The van der Waals surface area contributed by atoms with Gasteiger partial charge in [-0.3, -0.25) is 0 Å². The summed E-state index contributed by atoms with van der Waals surface area (Å²) in [5, 5.41) is 0. The second kappa shape index (κ2) is 32.0. The summed E-state index contributed by atoms with van der Waals surface area (Å²) in [6.45, 7) is 3.32. The fourth-order valence-corrected chi connectivity index (χ4v) is 6.35. The third-order valence-electron chi connectivity index (χ3n) is 9.06. The van der Waals surface area contributed by atoms with Gasteiger partial charge in [0, 0.05) is 5.92 Å². The van der Waals surface area contributed by atoms with E-state index in [-0.39, 0.29) is 18.0 Å². The van der Waals surface area contributed by atoms with Crippen molar-refractivity contribution in [3.8, 4) is 0 Å². The Morgan fingerprint density at radius 2 is 1.12 bits per heavy atom. The zero-order valence-corrected chi connectivity index (χ0v) is 29.6. The lowest BCUT2D eigenvalue weighted by Gasteiger charge is -2.24. The number of unbranched alkanes of at least 4 members (excludes halogenated alkanes) is 15. The van der Waals surface area contributed by atoms with Crippen LogP contribution in [0.25, 0.3) is 0 Å².